The molecular formula is C7H4BClF4O2. The van der Waals surface area contributed by atoms with Gasteiger partial charge >= 0.3 is 13.3 Å². The highest BCUT2D eigenvalue weighted by molar-refractivity contribution is 6.62. The van der Waals surface area contributed by atoms with Crippen LogP contribution in [0.15, 0.2) is 12.1 Å². The Balaban J connectivity index is 3.42. The molecule has 0 amide bonds. The van der Waals surface area contributed by atoms with Crippen LogP contribution in [0.4, 0.5) is 17.6 Å². The van der Waals surface area contributed by atoms with E-state index in [9.17, 15) is 17.6 Å². The quantitative estimate of drug-likeness (QED) is 0.573. The van der Waals surface area contributed by atoms with E-state index >= 15 is 0 Å². The third kappa shape index (κ3) is 2.61. The number of halogens is 5. The van der Waals surface area contributed by atoms with Gasteiger partial charge in [0.1, 0.15) is 5.82 Å². The smallest absolute Gasteiger partial charge is 0.423 e. The summed E-state index contributed by atoms with van der Waals surface area (Å²) in [7, 11) is -2.26. The highest BCUT2D eigenvalue weighted by Crippen LogP contribution is 2.34. The minimum absolute atomic E-state index is 0.189. The third-order valence-electron chi connectivity index (χ3n) is 1.65. The summed E-state index contributed by atoms with van der Waals surface area (Å²) in [5.41, 5.74) is -2.16. The zero-order valence-corrected chi connectivity index (χ0v) is 7.77. The van der Waals surface area contributed by atoms with Crippen LogP contribution in [0, 0.1) is 5.82 Å². The fourth-order valence-electron chi connectivity index (χ4n) is 1.00. The van der Waals surface area contributed by atoms with Gasteiger partial charge in [-0.2, -0.15) is 13.2 Å². The van der Waals surface area contributed by atoms with Crippen molar-refractivity contribution in [3.05, 3.63) is 28.5 Å². The highest BCUT2D eigenvalue weighted by atomic mass is 35.5. The summed E-state index contributed by atoms with van der Waals surface area (Å²) in [6.07, 6.45) is -4.84. The largest absolute Gasteiger partial charge is 0.490 e. The maximum Gasteiger partial charge on any atom is 0.490 e. The first kappa shape index (κ1) is 12.3. The zero-order valence-electron chi connectivity index (χ0n) is 7.02. The lowest BCUT2D eigenvalue weighted by molar-refractivity contribution is -0.137. The van der Waals surface area contributed by atoms with Crippen molar-refractivity contribution in [1.29, 1.82) is 0 Å². The Morgan fingerprint density at radius 1 is 1.20 bits per heavy atom. The van der Waals surface area contributed by atoms with E-state index in [2.05, 4.69) is 0 Å². The van der Waals surface area contributed by atoms with Crippen LogP contribution in [-0.2, 0) is 6.18 Å². The minimum atomic E-state index is -4.84. The molecule has 0 saturated heterocycles. The van der Waals surface area contributed by atoms with Crippen molar-refractivity contribution >= 4 is 24.2 Å². The summed E-state index contributed by atoms with van der Waals surface area (Å²) in [6.45, 7) is 0. The number of alkyl halides is 3. The van der Waals surface area contributed by atoms with Crippen molar-refractivity contribution in [1.82, 2.24) is 0 Å². The summed E-state index contributed by atoms with van der Waals surface area (Å²) in [5, 5.41) is 16.4. The second kappa shape index (κ2) is 4.00. The molecule has 0 aliphatic heterocycles. The minimum Gasteiger partial charge on any atom is -0.423 e. The van der Waals surface area contributed by atoms with Crippen LogP contribution < -0.4 is 5.46 Å². The van der Waals surface area contributed by atoms with E-state index in [4.69, 9.17) is 21.6 Å². The van der Waals surface area contributed by atoms with E-state index in [1.807, 2.05) is 0 Å². The molecular weight excluding hydrogens is 238 g/mol. The molecule has 0 aliphatic carbocycles. The molecule has 0 bridgehead atoms. The monoisotopic (exact) mass is 242 g/mol. The van der Waals surface area contributed by atoms with Gasteiger partial charge in [-0.1, -0.05) is 11.6 Å². The topological polar surface area (TPSA) is 40.5 Å². The molecule has 0 heterocycles. The van der Waals surface area contributed by atoms with E-state index in [1.54, 1.807) is 0 Å². The van der Waals surface area contributed by atoms with Gasteiger partial charge in [0.2, 0.25) is 0 Å². The molecule has 2 N–H and O–H groups in total. The second-order valence-electron chi connectivity index (χ2n) is 2.73. The molecule has 0 saturated carbocycles. The van der Waals surface area contributed by atoms with Crippen LogP contribution >= 0.6 is 11.6 Å². The maximum atomic E-state index is 12.7. The van der Waals surface area contributed by atoms with Gasteiger partial charge in [-0.25, -0.2) is 4.39 Å². The molecule has 0 atom stereocenters. The molecule has 0 spiro atoms. The summed E-state index contributed by atoms with van der Waals surface area (Å²) in [4.78, 5) is 0. The molecule has 1 aromatic rings. The second-order valence-corrected chi connectivity index (χ2v) is 3.11. The van der Waals surface area contributed by atoms with Crippen LogP contribution in [0.3, 0.4) is 0 Å². The molecule has 0 aromatic heterocycles. The van der Waals surface area contributed by atoms with E-state index in [0.717, 1.165) is 0 Å². The molecule has 0 aliphatic rings. The van der Waals surface area contributed by atoms with Crippen LogP contribution in [0.2, 0.25) is 5.02 Å². The van der Waals surface area contributed by atoms with Gasteiger partial charge < -0.3 is 10.0 Å². The predicted octanol–water partition coefficient (Wildman–Crippen LogP) is 1.18. The van der Waals surface area contributed by atoms with Crippen LogP contribution in [0.1, 0.15) is 5.56 Å². The molecule has 0 unspecified atom stereocenters. The Morgan fingerprint density at radius 3 is 2.13 bits per heavy atom. The number of hydrogen-bond donors (Lipinski definition) is 2. The van der Waals surface area contributed by atoms with Crippen LogP contribution in [-0.4, -0.2) is 17.2 Å². The Bertz CT molecular complexity index is 380. The lowest BCUT2D eigenvalue weighted by atomic mass is 9.79. The van der Waals surface area contributed by atoms with Crippen molar-refractivity contribution in [2.45, 2.75) is 6.18 Å². The average molecular weight is 242 g/mol. The normalized spacial score (nSPS) is 11.7. The molecule has 1 aromatic carbocycles. The van der Waals surface area contributed by atoms with Crippen LogP contribution in [0.5, 0.6) is 0 Å². The first-order chi connectivity index (χ1) is 6.73. The SMILES string of the molecule is OB(O)c1cc(F)cc(C(F)(F)F)c1Cl. The Morgan fingerprint density at radius 2 is 1.73 bits per heavy atom. The number of benzene rings is 1. The van der Waals surface area contributed by atoms with E-state index in [-0.39, 0.29) is 6.07 Å². The lowest BCUT2D eigenvalue weighted by Gasteiger charge is -2.12. The van der Waals surface area contributed by atoms with E-state index < -0.39 is 35.2 Å². The maximum absolute atomic E-state index is 12.7. The Hall–Kier alpha value is -0.785. The molecule has 2 nitrogen and oxygen atoms in total. The van der Waals surface area contributed by atoms with Gasteiger partial charge in [-0.05, 0) is 12.1 Å². The van der Waals surface area contributed by atoms with Gasteiger partial charge in [-0.15, -0.1) is 0 Å². The molecule has 0 fully saturated rings. The highest BCUT2D eigenvalue weighted by Gasteiger charge is 2.36. The first-order valence-electron chi connectivity index (χ1n) is 3.65. The van der Waals surface area contributed by atoms with Gasteiger partial charge in [0.25, 0.3) is 0 Å². The molecule has 0 radical (unpaired) electrons. The van der Waals surface area contributed by atoms with Crippen molar-refractivity contribution < 1.29 is 27.6 Å². The average Bonchev–Trinajstić information content (AvgIpc) is 2.06. The van der Waals surface area contributed by atoms with Crippen molar-refractivity contribution in [2.24, 2.45) is 0 Å². The van der Waals surface area contributed by atoms with Crippen molar-refractivity contribution in [2.75, 3.05) is 0 Å². The standard InChI is InChI=1S/C7H4BClF4O2/c9-6-4(7(11,12)13)1-3(10)2-5(6)8(14)15/h1-2,14-15H. The summed E-state index contributed by atoms with van der Waals surface area (Å²) >= 11 is 5.25. The van der Waals surface area contributed by atoms with Crippen molar-refractivity contribution in [3.63, 3.8) is 0 Å². The first-order valence-corrected chi connectivity index (χ1v) is 4.03. The zero-order chi connectivity index (χ0) is 11.8. The molecule has 15 heavy (non-hydrogen) atoms. The Kier molecular flexibility index (Phi) is 3.27. The number of rotatable bonds is 1. The van der Waals surface area contributed by atoms with Crippen molar-refractivity contribution in [3.8, 4) is 0 Å². The van der Waals surface area contributed by atoms with Crippen LogP contribution in [0.25, 0.3) is 0 Å². The van der Waals surface area contributed by atoms with Gasteiger partial charge in [0, 0.05) is 5.46 Å². The number of hydrogen-bond acceptors (Lipinski definition) is 2. The molecule has 82 valence electrons. The van der Waals surface area contributed by atoms with Gasteiger partial charge in [0.05, 0.1) is 10.6 Å². The fraction of sp³-hybridized carbons (Fsp3) is 0.143. The fourth-order valence-corrected chi connectivity index (χ4v) is 1.32. The van der Waals surface area contributed by atoms with E-state index in [0.29, 0.717) is 6.07 Å². The third-order valence-corrected chi connectivity index (χ3v) is 2.07. The van der Waals surface area contributed by atoms with Gasteiger partial charge in [0.15, 0.2) is 0 Å². The van der Waals surface area contributed by atoms with Gasteiger partial charge in [-0.3, -0.25) is 0 Å². The molecule has 8 heteroatoms. The predicted molar refractivity (Wildman–Crippen MR) is 46.2 cm³/mol. The summed E-state index contributed by atoms with van der Waals surface area (Å²) in [5.74, 6) is -1.24. The molecule has 1 rings (SSSR count). The summed E-state index contributed by atoms with van der Waals surface area (Å²) in [6, 6.07) is 0.719. The lowest BCUT2D eigenvalue weighted by Crippen LogP contribution is -2.32. The summed E-state index contributed by atoms with van der Waals surface area (Å²) < 4.78 is 49.5. The Labute approximate surface area is 87.2 Å². The van der Waals surface area contributed by atoms with E-state index in [1.165, 1.54) is 0 Å².